The van der Waals surface area contributed by atoms with E-state index in [4.69, 9.17) is 0 Å². The van der Waals surface area contributed by atoms with Crippen LogP contribution in [0.1, 0.15) is 44.0 Å². The molecule has 2 unspecified atom stereocenters. The Kier molecular flexibility index (Phi) is 6.37. The lowest BCUT2D eigenvalue weighted by Crippen LogP contribution is -2.46. The Morgan fingerprint density at radius 2 is 2.04 bits per heavy atom. The van der Waals surface area contributed by atoms with Gasteiger partial charge in [-0.15, -0.1) is 0 Å². The minimum Gasteiger partial charge on any atom is -0.349 e. The van der Waals surface area contributed by atoms with Gasteiger partial charge in [0.05, 0.1) is 4.90 Å². The van der Waals surface area contributed by atoms with Crippen molar-refractivity contribution in [2.45, 2.75) is 50.6 Å². The highest BCUT2D eigenvalue weighted by atomic mass is 32.2. The molecule has 1 aliphatic rings. The second kappa shape index (κ2) is 8.09. The molecule has 0 saturated carbocycles. The monoisotopic (exact) mass is 353 g/mol. The molecule has 1 fully saturated rings. The van der Waals surface area contributed by atoms with E-state index in [-0.39, 0.29) is 16.8 Å². The number of piperidine rings is 1. The average molecular weight is 353 g/mol. The van der Waals surface area contributed by atoms with Crippen LogP contribution in [0.5, 0.6) is 0 Å². The van der Waals surface area contributed by atoms with Gasteiger partial charge in [-0.25, -0.2) is 8.42 Å². The van der Waals surface area contributed by atoms with Crippen molar-refractivity contribution in [3.63, 3.8) is 0 Å². The van der Waals surface area contributed by atoms with E-state index in [1.165, 1.54) is 16.4 Å². The molecule has 24 heavy (non-hydrogen) atoms. The molecule has 1 aliphatic heterocycles. The molecule has 1 amide bonds. The third-order valence-corrected chi connectivity index (χ3v) is 6.44. The van der Waals surface area contributed by atoms with E-state index in [2.05, 4.69) is 17.6 Å². The first-order chi connectivity index (χ1) is 11.4. The molecule has 2 N–H and O–H groups in total. The fraction of sp³-hybridized carbons (Fsp3) is 0.588. The molecule has 134 valence electrons. The Balaban J connectivity index is 2.16. The lowest BCUT2D eigenvalue weighted by atomic mass is 10.0. The highest BCUT2D eigenvalue weighted by molar-refractivity contribution is 7.89. The highest BCUT2D eigenvalue weighted by Gasteiger charge is 2.24. The van der Waals surface area contributed by atoms with Gasteiger partial charge in [0.25, 0.3) is 5.91 Å². The van der Waals surface area contributed by atoms with Gasteiger partial charge in [0, 0.05) is 30.7 Å². The van der Waals surface area contributed by atoms with E-state index in [1.807, 2.05) is 0 Å². The number of hydrogen-bond donors (Lipinski definition) is 2. The SMILES string of the molecule is CCN(CC)S(=O)(=O)c1cccc(C(=O)NC2CCNC(C)C2)c1. The van der Waals surface area contributed by atoms with Crippen LogP contribution in [-0.2, 0) is 10.0 Å². The predicted molar refractivity (Wildman–Crippen MR) is 94.5 cm³/mol. The van der Waals surface area contributed by atoms with Crippen molar-refractivity contribution < 1.29 is 13.2 Å². The summed E-state index contributed by atoms with van der Waals surface area (Å²) in [7, 11) is -3.56. The first-order valence-electron chi connectivity index (χ1n) is 8.53. The Bertz CT molecular complexity index is 671. The molecule has 0 spiro atoms. The summed E-state index contributed by atoms with van der Waals surface area (Å²) in [6, 6.07) is 6.78. The number of nitrogens with one attached hydrogen (secondary N) is 2. The van der Waals surface area contributed by atoms with Crippen molar-refractivity contribution in [3.8, 4) is 0 Å². The highest BCUT2D eigenvalue weighted by Crippen LogP contribution is 2.17. The number of hydrogen-bond acceptors (Lipinski definition) is 4. The summed E-state index contributed by atoms with van der Waals surface area (Å²) in [6.45, 7) is 7.38. The molecule has 1 aromatic rings. The third-order valence-electron chi connectivity index (χ3n) is 4.40. The van der Waals surface area contributed by atoms with Crippen molar-refractivity contribution >= 4 is 15.9 Å². The number of amides is 1. The normalized spacial score (nSPS) is 21.7. The maximum atomic E-state index is 12.6. The second-order valence-corrected chi connectivity index (χ2v) is 8.11. The minimum atomic E-state index is -3.56. The van der Waals surface area contributed by atoms with Crippen LogP contribution < -0.4 is 10.6 Å². The van der Waals surface area contributed by atoms with Crippen LogP contribution in [0.15, 0.2) is 29.2 Å². The number of rotatable bonds is 6. The number of carbonyl (C=O) groups excluding carboxylic acids is 1. The molecule has 0 aromatic heterocycles. The zero-order valence-corrected chi connectivity index (χ0v) is 15.4. The molecule has 0 bridgehead atoms. The van der Waals surface area contributed by atoms with Crippen molar-refractivity contribution in [1.82, 2.24) is 14.9 Å². The van der Waals surface area contributed by atoms with Gasteiger partial charge in [-0.3, -0.25) is 4.79 Å². The Labute approximate surface area is 144 Å². The van der Waals surface area contributed by atoms with Crippen molar-refractivity contribution in [3.05, 3.63) is 29.8 Å². The summed E-state index contributed by atoms with van der Waals surface area (Å²) < 4.78 is 26.6. The molecular weight excluding hydrogens is 326 g/mol. The maximum Gasteiger partial charge on any atom is 0.251 e. The van der Waals surface area contributed by atoms with E-state index in [9.17, 15) is 13.2 Å². The molecule has 1 heterocycles. The maximum absolute atomic E-state index is 12.6. The first-order valence-corrected chi connectivity index (χ1v) is 9.97. The van der Waals surface area contributed by atoms with Crippen molar-refractivity contribution in [2.24, 2.45) is 0 Å². The smallest absolute Gasteiger partial charge is 0.251 e. The molecular formula is C17H27N3O3S. The summed E-state index contributed by atoms with van der Waals surface area (Å²) in [6.07, 6.45) is 1.76. The average Bonchev–Trinajstić information content (AvgIpc) is 2.56. The first kappa shape index (κ1) is 18.9. The second-order valence-electron chi connectivity index (χ2n) is 6.17. The van der Waals surface area contributed by atoms with Gasteiger partial charge in [0.1, 0.15) is 0 Å². The number of carbonyl (C=O) groups is 1. The van der Waals surface area contributed by atoms with Crippen LogP contribution >= 0.6 is 0 Å². The summed E-state index contributed by atoms with van der Waals surface area (Å²) in [5, 5.41) is 6.36. The van der Waals surface area contributed by atoms with Crippen molar-refractivity contribution in [1.29, 1.82) is 0 Å². The number of nitrogens with zero attached hydrogens (tertiary/aromatic N) is 1. The zero-order chi connectivity index (χ0) is 17.7. The predicted octanol–water partition coefficient (Wildman–Crippen LogP) is 1.59. The van der Waals surface area contributed by atoms with Gasteiger partial charge in [-0.1, -0.05) is 19.9 Å². The van der Waals surface area contributed by atoms with Crippen LogP contribution in [0, 0.1) is 0 Å². The topological polar surface area (TPSA) is 78.5 Å². The fourth-order valence-corrected chi connectivity index (χ4v) is 4.55. The molecule has 1 saturated heterocycles. The van der Waals surface area contributed by atoms with Crippen LogP contribution in [0.2, 0.25) is 0 Å². The van der Waals surface area contributed by atoms with Crippen molar-refractivity contribution in [2.75, 3.05) is 19.6 Å². The summed E-state index contributed by atoms with van der Waals surface area (Å²) in [4.78, 5) is 12.6. The summed E-state index contributed by atoms with van der Waals surface area (Å²) in [5.74, 6) is -0.217. The van der Waals surface area contributed by atoms with Crippen LogP contribution in [0.4, 0.5) is 0 Å². The van der Waals surface area contributed by atoms with Crippen LogP contribution in [-0.4, -0.2) is 50.3 Å². The van der Waals surface area contributed by atoms with Gasteiger partial charge >= 0.3 is 0 Å². The standard InChI is InChI=1S/C17H27N3O3S/c1-4-20(5-2)24(22,23)16-8-6-7-14(12-16)17(21)19-15-9-10-18-13(3)11-15/h6-8,12-13,15,18H,4-5,9-11H2,1-3H3,(H,19,21). The van der Waals surface area contributed by atoms with E-state index in [1.54, 1.807) is 26.0 Å². The van der Waals surface area contributed by atoms with E-state index in [0.29, 0.717) is 24.7 Å². The Hall–Kier alpha value is -1.44. The largest absolute Gasteiger partial charge is 0.349 e. The molecule has 2 rings (SSSR count). The summed E-state index contributed by atoms with van der Waals surface area (Å²) in [5.41, 5.74) is 0.384. The lowest BCUT2D eigenvalue weighted by molar-refractivity contribution is 0.0925. The van der Waals surface area contributed by atoms with Gasteiger partial charge in [-0.05, 0) is 44.5 Å². The van der Waals surface area contributed by atoms with Gasteiger partial charge in [-0.2, -0.15) is 4.31 Å². The van der Waals surface area contributed by atoms with Gasteiger partial charge in [0.2, 0.25) is 10.0 Å². The van der Waals surface area contributed by atoms with Crippen LogP contribution in [0.3, 0.4) is 0 Å². The van der Waals surface area contributed by atoms with E-state index in [0.717, 1.165) is 19.4 Å². The van der Waals surface area contributed by atoms with Gasteiger partial charge < -0.3 is 10.6 Å². The van der Waals surface area contributed by atoms with Crippen LogP contribution in [0.25, 0.3) is 0 Å². The molecule has 0 aliphatic carbocycles. The molecule has 1 aromatic carbocycles. The summed E-state index contributed by atoms with van der Waals surface area (Å²) >= 11 is 0. The van der Waals surface area contributed by atoms with E-state index >= 15 is 0 Å². The molecule has 0 radical (unpaired) electrons. The van der Waals surface area contributed by atoms with Gasteiger partial charge in [0.15, 0.2) is 0 Å². The number of sulfonamides is 1. The third kappa shape index (κ3) is 4.34. The zero-order valence-electron chi connectivity index (χ0n) is 14.6. The lowest BCUT2D eigenvalue weighted by Gasteiger charge is -2.28. The number of benzene rings is 1. The van der Waals surface area contributed by atoms with E-state index < -0.39 is 10.0 Å². The quantitative estimate of drug-likeness (QED) is 0.814. The minimum absolute atomic E-state index is 0.122. The molecule has 6 nitrogen and oxygen atoms in total. The fourth-order valence-electron chi connectivity index (χ4n) is 3.04. The Morgan fingerprint density at radius 3 is 2.67 bits per heavy atom. The molecule has 2 atom stereocenters. The molecule has 7 heteroatoms. The Morgan fingerprint density at radius 1 is 1.33 bits per heavy atom.